The highest BCUT2D eigenvalue weighted by Gasteiger charge is 2.33. The average molecular weight is 320 g/mol. The number of ether oxygens (including phenoxy) is 1. The summed E-state index contributed by atoms with van der Waals surface area (Å²) in [6, 6.07) is -0.228. The van der Waals surface area contributed by atoms with E-state index in [1.54, 1.807) is 0 Å². The number of morpholine rings is 1. The van der Waals surface area contributed by atoms with Gasteiger partial charge in [-0.2, -0.15) is 0 Å². The second-order valence-electron chi connectivity index (χ2n) is 6.45. The van der Waals surface area contributed by atoms with Crippen LogP contribution in [-0.2, 0) is 14.3 Å². The topological polar surface area (TPSA) is 61.9 Å². The van der Waals surface area contributed by atoms with Crippen LogP contribution in [0.25, 0.3) is 0 Å². The largest absolute Gasteiger partial charge is 0.378 e. The highest BCUT2D eigenvalue weighted by atomic mass is 35.5. The number of hydrogen-bond acceptors (Lipinski definition) is 4. The van der Waals surface area contributed by atoms with E-state index in [2.05, 4.69) is 5.32 Å². The zero-order valence-electron chi connectivity index (χ0n) is 13.1. The molecule has 6 nitrogen and oxygen atoms in total. The number of carbonyl (C=O) groups excluding carboxylic acids is 2. The van der Waals surface area contributed by atoms with Crippen molar-refractivity contribution in [1.29, 1.82) is 0 Å². The maximum Gasteiger partial charge on any atom is 0.242 e. The van der Waals surface area contributed by atoms with Crippen molar-refractivity contribution in [3.05, 3.63) is 0 Å². The second kappa shape index (κ2) is 7.42. The minimum Gasteiger partial charge on any atom is -0.378 e. The number of nitrogens with zero attached hydrogens (tertiary/aromatic N) is 2. The molecule has 0 bridgehead atoms. The molecule has 0 aromatic carbocycles. The Labute approximate surface area is 132 Å². The van der Waals surface area contributed by atoms with Crippen molar-refractivity contribution in [2.75, 3.05) is 45.9 Å². The lowest BCUT2D eigenvalue weighted by molar-refractivity contribution is -0.146. The van der Waals surface area contributed by atoms with Gasteiger partial charge >= 0.3 is 0 Å². The predicted molar refractivity (Wildman–Crippen MR) is 82.5 cm³/mol. The summed E-state index contributed by atoms with van der Waals surface area (Å²) in [6.07, 6.45) is 0. The molecular formula is C14H26ClN3O3. The smallest absolute Gasteiger partial charge is 0.242 e. The minimum absolute atomic E-state index is 0. The minimum atomic E-state index is -0.356. The fourth-order valence-corrected chi connectivity index (χ4v) is 2.55. The summed E-state index contributed by atoms with van der Waals surface area (Å²) >= 11 is 0. The first kappa shape index (κ1) is 18.2. The van der Waals surface area contributed by atoms with Gasteiger partial charge in [0.25, 0.3) is 0 Å². The Morgan fingerprint density at radius 3 is 2.14 bits per heavy atom. The van der Waals surface area contributed by atoms with Crippen LogP contribution in [0.2, 0.25) is 0 Å². The van der Waals surface area contributed by atoms with E-state index in [1.165, 1.54) is 0 Å². The maximum atomic E-state index is 12.3. The number of piperazine rings is 1. The molecule has 0 aromatic heterocycles. The SMILES string of the molecule is CC(C)(C)C(=O)N1CCN(C(=O)C2COCCN2)CC1.Cl. The van der Waals surface area contributed by atoms with Gasteiger partial charge in [0.15, 0.2) is 0 Å². The molecule has 0 radical (unpaired) electrons. The van der Waals surface area contributed by atoms with E-state index in [9.17, 15) is 9.59 Å². The van der Waals surface area contributed by atoms with Crippen molar-refractivity contribution in [3.8, 4) is 0 Å². The van der Waals surface area contributed by atoms with Crippen LogP contribution in [0.15, 0.2) is 0 Å². The number of rotatable bonds is 1. The van der Waals surface area contributed by atoms with Crippen LogP contribution in [0.4, 0.5) is 0 Å². The van der Waals surface area contributed by atoms with Gasteiger partial charge in [0.2, 0.25) is 11.8 Å². The second-order valence-corrected chi connectivity index (χ2v) is 6.45. The van der Waals surface area contributed by atoms with Gasteiger partial charge in [-0.1, -0.05) is 20.8 Å². The number of carbonyl (C=O) groups is 2. The fourth-order valence-electron chi connectivity index (χ4n) is 2.55. The first-order valence-corrected chi connectivity index (χ1v) is 7.29. The van der Waals surface area contributed by atoms with Gasteiger partial charge in [-0.3, -0.25) is 9.59 Å². The number of nitrogens with one attached hydrogen (secondary N) is 1. The van der Waals surface area contributed by atoms with Gasteiger partial charge in [-0.15, -0.1) is 12.4 Å². The molecule has 122 valence electrons. The van der Waals surface area contributed by atoms with Gasteiger partial charge in [0, 0.05) is 38.1 Å². The molecular weight excluding hydrogens is 294 g/mol. The van der Waals surface area contributed by atoms with E-state index in [0.29, 0.717) is 39.4 Å². The van der Waals surface area contributed by atoms with Crippen molar-refractivity contribution in [2.24, 2.45) is 5.41 Å². The van der Waals surface area contributed by atoms with Gasteiger partial charge in [-0.05, 0) is 0 Å². The van der Waals surface area contributed by atoms with Crippen molar-refractivity contribution < 1.29 is 14.3 Å². The van der Waals surface area contributed by atoms with Gasteiger partial charge < -0.3 is 19.9 Å². The Morgan fingerprint density at radius 2 is 1.67 bits per heavy atom. The maximum absolute atomic E-state index is 12.3. The average Bonchev–Trinajstić information content (AvgIpc) is 2.46. The molecule has 0 saturated carbocycles. The number of hydrogen-bond donors (Lipinski definition) is 1. The lowest BCUT2D eigenvalue weighted by Crippen LogP contribution is -2.58. The molecule has 2 fully saturated rings. The van der Waals surface area contributed by atoms with E-state index in [0.717, 1.165) is 6.54 Å². The molecule has 2 amide bonds. The molecule has 1 unspecified atom stereocenters. The summed E-state index contributed by atoms with van der Waals surface area (Å²) in [7, 11) is 0. The third kappa shape index (κ3) is 4.56. The highest BCUT2D eigenvalue weighted by molar-refractivity contribution is 5.85. The monoisotopic (exact) mass is 319 g/mol. The molecule has 2 rings (SSSR count). The fraction of sp³-hybridized carbons (Fsp3) is 0.857. The Morgan fingerprint density at radius 1 is 1.10 bits per heavy atom. The van der Waals surface area contributed by atoms with E-state index >= 15 is 0 Å². The van der Waals surface area contributed by atoms with Crippen LogP contribution < -0.4 is 5.32 Å². The predicted octanol–water partition coefficient (Wildman–Crippen LogP) is 0.114. The quantitative estimate of drug-likeness (QED) is 0.745. The zero-order chi connectivity index (χ0) is 14.8. The molecule has 2 aliphatic heterocycles. The summed E-state index contributed by atoms with van der Waals surface area (Å²) in [5.74, 6) is 0.247. The Bertz CT molecular complexity index is 370. The van der Waals surface area contributed by atoms with Crippen LogP contribution >= 0.6 is 12.4 Å². The number of halogens is 1. The van der Waals surface area contributed by atoms with Crippen LogP contribution in [0, 0.1) is 5.41 Å². The summed E-state index contributed by atoms with van der Waals surface area (Å²) in [5.41, 5.74) is -0.356. The zero-order valence-corrected chi connectivity index (χ0v) is 13.9. The van der Waals surface area contributed by atoms with E-state index < -0.39 is 0 Å². The van der Waals surface area contributed by atoms with E-state index in [-0.39, 0.29) is 35.7 Å². The summed E-state index contributed by atoms with van der Waals surface area (Å²) < 4.78 is 5.32. The molecule has 1 N–H and O–H groups in total. The Balaban J connectivity index is 0.00000220. The van der Waals surface area contributed by atoms with Crippen LogP contribution in [0.3, 0.4) is 0 Å². The summed E-state index contributed by atoms with van der Waals surface area (Å²) in [4.78, 5) is 28.2. The molecule has 2 saturated heterocycles. The molecule has 2 heterocycles. The first-order chi connectivity index (χ1) is 9.39. The normalized spacial score (nSPS) is 23.5. The lowest BCUT2D eigenvalue weighted by Gasteiger charge is -2.39. The van der Waals surface area contributed by atoms with E-state index in [4.69, 9.17) is 4.74 Å². The lowest BCUT2D eigenvalue weighted by atomic mass is 9.94. The van der Waals surface area contributed by atoms with E-state index in [1.807, 2.05) is 30.6 Å². The summed E-state index contributed by atoms with van der Waals surface area (Å²) in [5, 5.41) is 3.18. The van der Waals surface area contributed by atoms with Crippen molar-refractivity contribution in [1.82, 2.24) is 15.1 Å². The highest BCUT2D eigenvalue weighted by Crippen LogP contribution is 2.18. The van der Waals surface area contributed by atoms with Gasteiger partial charge in [-0.25, -0.2) is 0 Å². The van der Waals surface area contributed by atoms with Crippen LogP contribution in [0.1, 0.15) is 20.8 Å². The molecule has 21 heavy (non-hydrogen) atoms. The van der Waals surface area contributed by atoms with Crippen molar-refractivity contribution in [2.45, 2.75) is 26.8 Å². The molecule has 7 heteroatoms. The summed E-state index contributed by atoms with van der Waals surface area (Å²) in [6.45, 7) is 10.1. The molecule has 0 spiro atoms. The standard InChI is InChI=1S/C14H25N3O3.ClH/c1-14(2,3)13(19)17-7-5-16(6-8-17)12(18)11-10-20-9-4-15-11;/h11,15H,4-10H2,1-3H3;1H. The van der Waals surface area contributed by atoms with Crippen molar-refractivity contribution in [3.63, 3.8) is 0 Å². The van der Waals surface area contributed by atoms with Crippen LogP contribution in [-0.4, -0.2) is 73.6 Å². The first-order valence-electron chi connectivity index (χ1n) is 7.29. The Hall–Kier alpha value is -0.850. The van der Waals surface area contributed by atoms with Gasteiger partial charge in [0.05, 0.1) is 13.2 Å². The Kier molecular flexibility index (Phi) is 6.43. The van der Waals surface area contributed by atoms with Gasteiger partial charge in [0.1, 0.15) is 6.04 Å². The molecule has 0 aromatic rings. The number of amides is 2. The molecule has 0 aliphatic carbocycles. The third-order valence-corrected chi connectivity index (χ3v) is 3.74. The van der Waals surface area contributed by atoms with Crippen LogP contribution in [0.5, 0.6) is 0 Å². The third-order valence-electron chi connectivity index (χ3n) is 3.74. The molecule has 2 aliphatic rings. The van der Waals surface area contributed by atoms with Crippen molar-refractivity contribution >= 4 is 24.2 Å². The molecule has 1 atom stereocenters.